The Morgan fingerprint density at radius 2 is 1.55 bits per heavy atom. The predicted molar refractivity (Wildman–Crippen MR) is 254 cm³/mol. The van der Waals surface area contributed by atoms with E-state index in [1.54, 1.807) is 41.5 Å². The number of hydrogen-bond acceptors (Lipinski definition) is 18. The standard InChI is InChI=1S/C47H80F3N3O16S2/c1-14-35-45(10,58)39(55)30(6)52-24-26(2)22-43(8,57)40(69-42-37(54)34(21-27(3)65-42)53(11)71(62,63)33-17-15-32(16-18-33)47(48,49)50)28(4)38(29(5)41(56)67-35)68-36-23-44(9,64-12)46(59,31(7)66-36)25-51-19-20-70(13,60)61/h15-18,26-31,34-40,42,51-52,54-55,57-59H,14,19-25H2,1-13H3/t26-,27-,28+,29-,30-,31+,34+,35-,36+,37-,38+,39-,40-,42+,43-,44-,45-,46+/m1/s1. The van der Waals surface area contributed by atoms with Crippen molar-refractivity contribution < 1.29 is 88.8 Å². The van der Waals surface area contributed by atoms with Crippen molar-refractivity contribution in [3.05, 3.63) is 29.8 Å². The average molecular weight is 1060 g/mol. The molecule has 18 atom stereocenters. The maximum Gasteiger partial charge on any atom is 0.416 e. The van der Waals surface area contributed by atoms with Gasteiger partial charge in [0.1, 0.15) is 45.0 Å². The van der Waals surface area contributed by atoms with E-state index in [0.717, 1.165) is 22.7 Å². The number of methoxy groups -OCH3 is 1. The lowest BCUT2D eigenvalue weighted by Crippen LogP contribution is -2.70. The third-order valence-corrected chi connectivity index (χ3v) is 17.7. The Labute approximate surface area is 417 Å². The molecule has 0 saturated carbocycles. The van der Waals surface area contributed by atoms with E-state index in [2.05, 4.69) is 10.6 Å². The Kier molecular flexibility index (Phi) is 20.2. The summed E-state index contributed by atoms with van der Waals surface area (Å²) in [5.41, 5.74) is -8.09. The largest absolute Gasteiger partial charge is 0.459 e. The summed E-state index contributed by atoms with van der Waals surface area (Å²) >= 11 is 0. The number of hydrogen-bond donors (Lipinski definition) is 7. The maximum absolute atomic E-state index is 14.5. The van der Waals surface area contributed by atoms with Crippen molar-refractivity contribution in [2.75, 3.05) is 45.8 Å². The normalized spacial score (nSPS) is 41.0. The molecule has 24 heteroatoms. The number of sulfone groups is 1. The molecule has 3 aliphatic rings. The van der Waals surface area contributed by atoms with Crippen LogP contribution in [0.5, 0.6) is 0 Å². The highest BCUT2D eigenvalue weighted by Crippen LogP contribution is 2.43. The zero-order chi connectivity index (χ0) is 54.0. The number of alkyl halides is 3. The summed E-state index contributed by atoms with van der Waals surface area (Å²) in [4.78, 5) is 14.1. The minimum atomic E-state index is -4.72. The highest BCUT2D eigenvalue weighted by Gasteiger charge is 2.58. The third-order valence-electron chi connectivity index (χ3n) is 14.9. The Balaban J connectivity index is 1.81. The number of aliphatic hydroxyl groups is 5. The second-order valence-electron chi connectivity index (χ2n) is 20.9. The minimum absolute atomic E-state index is 0.0224. The van der Waals surface area contributed by atoms with E-state index < -0.39 is 144 Å². The van der Waals surface area contributed by atoms with Crippen LogP contribution in [0.4, 0.5) is 13.2 Å². The molecule has 0 spiro atoms. The molecule has 71 heavy (non-hydrogen) atoms. The van der Waals surface area contributed by atoms with Crippen LogP contribution in [0.15, 0.2) is 29.2 Å². The van der Waals surface area contributed by atoms with Crippen LogP contribution in [-0.2, 0) is 59.3 Å². The minimum Gasteiger partial charge on any atom is -0.459 e. The first-order valence-corrected chi connectivity index (χ1v) is 27.6. The zero-order valence-electron chi connectivity index (χ0n) is 43.2. The molecule has 0 aliphatic carbocycles. The smallest absolute Gasteiger partial charge is 0.416 e. The second kappa shape index (κ2) is 23.4. The highest BCUT2D eigenvalue weighted by atomic mass is 32.2. The molecule has 0 radical (unpaired) electrons. The molecule has 7 N–H and O–H groups in total. The van der Waals surface area contributed by atoms with E-state index in [0.29, 0.717) is 12.1 Å². The molecule has 0 unspecified atom stereocenters. The lowest BCUT2D eigenvalue weighted by atomic mass is 9.75. The number of carbonyl (C=O) groups excluding carboxylic acids is 1. The number of carbonyl (C=O) groups is 1. The van der Waals surface area contributed by atoms with Crippen LogP contribution in [-0.4, -0.2) is 188 Å². The first-order chi connectivity index (χ1) is 32.5. The van der Waals surface area contributed by atoms with Gasteiger partial charge in [-0.1, -0.05) is 20.8 Å². The van der Waals surface area contributed by atoms with Gasteiger partial charge in [0.15, 0.2) is 12.6 Å². The first kappa shape index (κ1) is 61.4. The molecule has 3 aliphatic heterocycles. The SMILES string of the molecule is CC[C@H]1OC(=O)[C@H](C)[C@@H](O[C@H]2C[C@@](C)(OC)[C@](O)(CNCCS(C)(=O)=O)[C@H](C)O2)[C@H](C)[C@@H](O[C@@H]2O[C@H](C)C[C@H](N(C)S(=O)(=O)c3ccc(C(F)(F)F)cc3)[C@H]2O)[C@](C)(O)C[C@@H](C)CN[C@H](C)[C@@H](O)[C@]1(C)O. The Morgan fingerprint density at radius 3 is 2.10 bits per heavy atom. The summed E-state index contributed by atoms with van der Waals surface area (Å²) in [6, 6.07) is 0.927. The highest BCUT2D eigenvalue weighted by molar-refractivity contribution is 7.90. The molecule has 1 aromatic rings. The second-order valence-corrected chi connectivity index (χ2v) is 25.2. The van der Waals surface area contributed by atoms with Gasteiger partial charge >= 0.3 is 12.1 Å². The van der Waals surface area contributed by atoms with Crippen molar-refractivity contribution in [1.82, 2.24) is 14.9 Å². The molecule has 3 saturated heterocycles. The number of rotatable bonds is 14. The van der Waals surface area contributed by atoms with Crippen molar-refractivity contribution in [2.24, 2.45) is 17.8 Å². The van der Waals surface area contributed by atoms with Crippen molar-refractivity contribution >= 4 is 25.8 Å². The Hall–Kier alpha value is -2.14. The van der Waals surface area contributed by atoms with Gasteiger partial charge in [-0.3, -0.25) is 4.79 Å². The number of halogens is 3. The molecular formula is C47H80F3N3O16S2. The topological polar surface area (TPSA) is 269 Å². The van der Waals surface area contributed by atoms with Gasteiger partial charge in [-0.15, -0.1) is 0 Å². The molecule has 0 amide bonds. The van der Waals surface area contributed by atoms with Crippen molar-refractivity contribution in [3.8, 4) is 0 Å². The van der Waals surface area contributed by atoms with E-state index in [-0.39, 0.29) is 57.0 Å². The Morgan fingerprint density at radius 1 is 0.944 bits per heavy atom. The summed E-state index contributed by atoms with van der Waals surface area (Å²) in [5, 5.41) is 66.3. The fourth-order valence-corrected chi connectivity index (χ4v) is 12.2. The van der Waals surface area contributed by atoms with Gasteiger partial charge in [0.2, 0.25) is 10.0 Å². The van der Waals surface area contributed by atoms with Crippen molar-refractivity contribution in [3.63, 3.8) is 0 Å². The predicted octanol–water partition coefficient (Wildman–Crippen LogP) is 2.34. The van der Waals surface area contributed by atoms with Crippen LogP contribution in [0, 0.1) is 17.8 Å². The number of ether oxygens (including phenoxy) is 6. The fourth-order valence-electron chi connectivity index (χ4n) is 10.3. The lowest BCUT2D eigenvalue weighted by Gasteiger charge is -2.53. The van der Waals surface area contributed by atoms with E-state index in [4.69, 9.17) is 28.4 Å². The van der Waals surface area contributed by atoms with Crippen LogP contribution in [0.2, 0.25) is 0 Å². The molecule has 0 bridgehead atoms. The van der Waals surface area contributed by atoms with Gasteiger partial charge in [-0.2, -0.15) is 17.5 Å². The summed E-state index contributed by atoms with van der Waals surface area (Å²) in [7, 11) is -5.31. The van der Waals surface area contributed by atoms with Gasteiger partial charge in [-0.05, 0) is 104 Å². The van der Waals surface area contributed by atoms with Crippen LogP contribution in [0.3, 0.4) is 0 Å². The molecule has 19 nitrogen and oxygen atoms in total. The number of benzene rings is 1. The van der Waals surface area contributed by atoms with E-state index in [1.165, 1.54) is 34.9 Å². The number of sulfonamides is 1. The summed E-state index contributed by atoms with van der Waals surface area (Å²) in [5.74, 6) is -3.83. The van der Waals surface area contributed by atoms with Gasteiger partial charge < -0.3 is 64.6 Å². The Bertz CT molecular complexity index is 2140. The van der Waals surface area contributed by atoms with Gasteiger partial charge in [-0.25, -0.2) is 16.8 Å². The van der Waals surface area contributed by atoms with E-state index >= 15 is 0 Å². The third kappa shape index (κ3) is 14.2. The first-order valence-electron chi connectivity index (χ1n) is 24.1. The van der Waals surface area contributed by atoms with Crippen molar-refractivity contribution in [2.45, 2.75) is 196 Å². The number of nitrogens with one attached hydrogen (secondary N) is 2. The summed E-state index contributed by atoms with van der Waals surface area (Å²) < 4.78 is 130. The van der Waals surface area contributed by atoms with Gasteiger partial charge in [0, 0.05) is 51.9 Å². The van der Waals surface area contributed by atoms with E-state index in [1.807, 2.05) is 6.92 Å². The number of aliphatic hydroxyl groups excluding tert-OH is 2. The van der Waals surface area contributed by atoms with Gasteiger partial charge in [0.05, 0.1) is 58.2 Å². The molecule has 0 aromatic heterocycles. The van der Waals surface area contributed by atoms with Crippen LogP contribution in [0.25, 0.3) is 0 Å². The van der Waals surface area contributed by atoms with Crippen molar-refractivity contribution in [1.29, 1.82) is 0 Å². The van der Waals surface area contributed by atoms with E-state index in [9.17, 15) is 60.3 Å². The zero-order valence-corrected chi connectivity index (χ0v) is 44.8. The molecule has 3 fully saturated rings. The quantitative estimate of drug-likeness (QED) is 0.104. The van der Waals surface area contributed by atoms with Crippen LogP contribution in [0.1, 0.15) is 100 Å². The monoisotopic (exact) mass is 1060 g/mol. The average Bonchev–Trinajstić information content (AvgIpc) is 3.27. The number of nitrogens with zero attached hydrogens (tertiary/aromatic N) is 1. The molecule has 4 rings (SSSR count). The number of esters is 1. The molecular weight excluding hydrogens is 984 g/mol. The maximum atomic E-state index is 14.5. The molecule has 412 valence electrons. The number of cyclic esters (lactones) is 1. The molecule has 1 aromatic carbocycles. The number of likely N-dealkylation sites (N-methyl/N-ethyl adjacent to an activating group) is 1. The fraction of sp³-hybridized carbons (Fsp3) is 0.851. The van der Waals surface area contributed by atoms with Gasteiger partial charge in [0.25, 0.3) is 0 Å². The van der Waals surface area contributed by atoms with Crippen LogP contribution < -0.4 is 10.6 Å². The summed E-state index contributed by atoms with van der Waals surface area (Å²) in [6.07, 6.45) is -15.8. The molecule has 3 heterocycles. The summed E-state index contributed by atoms with van der Waals surface area (Å²) in [6.45, 7) is 16.0. The van der Waals surface area contributed by atoms with Crippen LogP contribution >= 0.6 is 0 Å². The lowest BCUT2D eigenvalue weighted by molar-refractivity contribution is -0.336.